The maximum atomic E-state index is 10.2. The first kappa shape index (κ1) is 12.7. The molecule has 0 fully saturated rings. The summed E-state index contributed by atoms with van der Waals surface area (Å²) >= 11 is 0. The van der Waals surface area contributed by atoms with Crippen LogP contribution in [0.4, 0.5) is 3.89 Å². The lowest BCUT2D eigenvalue weighted by atomic mass is 10.8. The number of carbonyl (C=O) groups is 1. The van der Waals surface area contributed by atoms with Gasteiger partial charge in [0.15, 0.2) is 0 Å². The Morgan fingerprint density at radius 2 is 2.00 bits per heavy atom. The Bertz CT molecular complexity index is 211. The van der Waals surface area contributed by atoms with Crippen LogP contribution in [-0.2, 0) is 20.0 Å². The van der Waals surface area contributed by atoms with Crippen molar-refractivity contribution in [2.45, 2.75) is 6.92 Å². The molecule has 0 spiro atoms. The molecule has 0 amide bonds. The first-order chi connectivity index (χ1) is 4.77. The SMILES string of the molecule is C=COC(C)=O.O=S(=O)(O)F. The maximum absolute atomic E-state index is 10.2. The van der Waals surface area contributed by atoms with E-state index >= 15 is 0 Å². The zero-order valence-corrected chi connectivity index (χ0v) is 6.47. The fraction of sp³-hybridized carbons (Fsp3) is 0.250. The van der Waals surface area contributed by atoms with Gasteiger partial charge in [0.1, 0.15) is 0 Å². The van der Waals surface area contributed by atoms with Crippen LogP contribution < -0.4 is 0 Å². The molecule has 0 aliphatic heterocycles. The third kappa shape index (κ3) is 107. The molecule has 7 heteroatoms. The lowest BCUT2D eigenvalue weighted by molar-refractivity contribution is -0.135. The molecule has 11 heavy (non-hydrogen) atoms. The van der Waals surface area contributed by atoms with Gasteiger partial charge in [-0.25, -0.2) is 0 Å². The molecule has 0 heterocycles. The number of hydrogen-bond donors (Lipinski definition) is 1. The van der Waals surface area contributed by atoms with Gasteiger partial charge in [-0.3, -0.25) is 9.35 Å². The van der Waals surface area contributed by atoms with Crippen molar-refractivity contribution >= 4 is 16.5 Å². The van der Waals surface area contributed by atoms with Crippen LogP contribution >= 0.6 is 0 Å². The van der Waals surface area contributed by atoms with Gasteiger partial charge in [-0.2, -0.15) is 8.42 Å². The molecule has 66 valence electrons. The third-order valence-electron chi connectivity index (χ3n) is 0.249. The van der Waals surface area contributed by atoms with Crippen LogP contribution in [0.1, 0.15) is 6.92 Å². The Kier molecular flexibility index (Phi) is 6.70. The summed E-state index contributed by atoms with van der Waals surface area (Å²) in [6, 6.07) is 0. The van der Waals surface area contributed by atoms with E-state index in [-0.39, 0.29) is 5.97 Å². The molecule has 0 unspecified atom stereocenters. The van der Waals surface area contributed by atoms with E-state index < -0.39 is 10.5 Å². The highest BCUT2D eigenvalue weighted by molar-refractivity contribution is 7.80. The third-order valence-corrected chi connectivity index (χ3v) is 0.249. The second-order valence-corrected chi connectivity index (χ2v) is 2.01. The topological polar surface area (TPSA) is 80.7 Å². The zero-order chi connectivity index (χ0) is 9.49. The first-order valence-corrected chi connectivity index (χ1v) is 3.56. The van der Waals surface area contributed by atoms with Crippen molar-refractivity contribution in [1.82, 2.24) is 0 Å². The van der Waals surface area contributed by atoms with E-state index in [1.165, 1.54) is 6.92 Å². The average molecular weight is 186 g/mol. The molecule has 0 saturated carbocycles. The van der Waals surface area contributed by atoms with E-state index in [1.54, 1.807) is 0 Å². The van der Waals surface area contributed by atoms with Crippen LogP contribution in [0.3, 0.4) is 0 Å². The Balaban J connectivity index is 0. The second kappa shape index (κ2) is 5.81. The highest BCUT2D eigenvalue weighted by Crippen LogP contribution is 1.74. The van der Waals surface area contributed by atoms with Crippen molar-refractivity contribution in [1.29, 1.82) is 0 Å². The average Bonchev–Trinajstić information content (AvgIpc) is 1.58. The number of hydrogen-bond acceptors (Lipinski definition) is 4. The van der Waals surface area contributed by atoms with Gasteiger partial charge in [-0.15, -0.1) is 0 Å². The van der Waals surface area contributed by atoms with Crippen molar-refractivity contribution in [3.8, 4) is 0 Å². The molecular weight excluding hydrogens is 179 g/mol. The summed E-state index contributed by atoms with van der Waals surface area (Å²) in [6.07, 6.45) is 1.10. The van der Waals surface area contributed by atoms with E-state index in [0.717, 1.165) is 6.26 Å². The molecule has 0 rings (SSSR count). The van der Waals surface area contributed by atoms with Crippen molar-refractivity contribution in [2.75, 3.05) is 0 Å². The minimum Gasteiger partial charge on any atom is -0.435 e. The number of rotatable bonds is 1. The number of esters is 1. The number of halogens is 1. The lowest BCUT2D eigenvalue weighted by Crippen LogP contribution is -1.87. The maximum Gasteiger partial charge on any atom is 0.435 e. The summed E-state index contributed by atoms with van der Waals surface area (Å²) in [4.78, 5) is 9.75. The van der Waals surface area contributed by atoms with Gasteiger partial charge in [0.2, 0.25) is 0 Å². The summed E-state index contributed by atoms with van der Waals surface area (Å²) < 4.78 is 38.2. The van der Waals surface area contributed by atoms with E-state index in [4.69, 9.17) is 13.0 Å². The quantitative estimate of drug-likeness (QED) is 0.278. The molecule has 0 aromatic heterocycles. The fourth-order valence-electron chi connectivity index (χ4n) is 0.117. The van der Waals surface area contributed by atoms with Crippen LogP contribution in [-0.4, -0.2) is 18.9 Å². The molecule has 1 N–H and O–H groups in total. The van der Waals surface area contributed by atoms with Gasteiger partial charge < -0.3 is 4.74 Å². The predicted molar refractivity (Wildman–Crippen MR) is 34.6 cm³/mol. The fourth-order valence-corrected chi connectivity index (χ4v) is 0.117. The number of ether oxygens (including phenoxy) is 1. The predicted octanol–water partition coefficient (Wildman–Crippen LogP) is 0.452. The van der Waals surface area contributed by atoms with Crippen LogP contribution in [0.25, 0.3) is 0 Å². The monoisotopic (exact) mass is 186 g/mol. The Morgan fingerprint density at radius 1 is 1.73 bits per heavy atom. The van der Waals surface area contributed by atoms with Crippen LogP contribution in [0.15, 0.2) is 12.8 Å². The minimum atomic E-state index is -5.17. The largest absolute Gasteiger partial charge is 0.435 e. The molecule has 5 nitrogen and oxygen atoms in total. The van der Waals surface area contributed by atoms with Crippen molar-refractivity contribution in [2.24, 2.45) is 0 Å². The molecule has 0 aromatic carbocycles. The smallest absolute Gasteiger partial charge is 0.435 e. The summed E-state index contributed by atoms with van der Waals surface area (Å²) in [7, 11) is -5.17. The van der Waals surface area contributed by atoms with Crippen molar-refractivity contribution < 1.29 is 26.4 Å². The van der Waals surface area contributed by atoms with Gasteiger partial charge in [0.25, 0.3) is 0 Å². The Labute approximate surface area is 63.5 Å². The summed E-state index contributed by atoms with van der Waals surface area (Å²) in [5.74, 6) is -0.329. The van der Waals surface area contributed by atoms with Gasteiger partial charge >= 0.3 is 16.5 Å². The normalized spacial score (nSPS) is 9.00. The van der Waals surface area contributed by atoms with Crippen molar-refractivity contribution in [3.05, 3.63) is 12.8 Å². The molecule has 0 radical (unpaired) electrons. The molecule has 0 bridgehead atoms. The Morgan fingerprint density at radius 3 is 2.00 bits per heavy atom. The van der Waals surface area contributed by atoms with Crippen LogP contribution in [0, 0.1) is 0 Å². The van der Waals surface area contributed by atoms with Gasteiger partial charge in [-0.1, -0.05) is 10.5 Å². The molecule has 0 aliphatic carbocycles. The summed E-state index contributed by atoms with van der Waals surface area (Å²) in [6.45, 7) is 4.48. The molecular formula is C4H7FO5S. The molecule has 0 atom stereocenters. The van der Waals surface area contributed by atoms with Gasteiger partial charge in [0.05, 0.1) is 6.26 Å². The minimum absolute atomic E-state index is 0.329. The summed E-state index contributed by atoms with van der Waals surface area (Å²) in [5, 5.41) is 0. The van der Waals surface area contributed by atoms with Gasteiger partial charge in [-0.05, 0) is 0 Å². The highest BCUT2D eigenvalue weighted by Gasteiger charge is 1.89. The highest BCUT2D eigenvalue weighted by atomic mass is 32.3. The van der Waals surface area contributed by atoms with Gasteiger partial charge in [0, 0.05) is 6.92 Å². The van der Waals surface area contributed by atoms with E-state index in [0.29, 0.717) is 0 Å². The van der Waals surface area contributed by atoms with E-state index in [9.17, 15) is 8.68 Å². The molecule has 0 saturated heterocycles. The second-order valence-electron chi connectivity index (χ2n) is 1.19. The first-order valence-electron chi connectivity index (χ1n) is 2.22. The van der Waals surface area contributed by atoms with E-state index in [1.807, 2.05) is 0 Å². The lowest BCUT2D eigenvalue weighted by Gasteiger charge is -1.83. The van der Waals surface area contributed by atoms with Crippen LogP contribution in [0.5, 0.6) is 0 Å². The van der Waals surface area contributed by atoms with E-state index in [2.05, 4.69) is 11.3 Å². The Hall–Kier alpha value is -0.950. The molecule has 0 aromatic rings. The van der Waals surface area contributed by atoms with Crippen LogP contribution in [0.2, 0.25) is 0 Å². The molecule has 0 aliphatic rings. The number of carbonyl (C=O) groups excluding carboxylic acids is 1. The zero-order valence-electron chi connectivity index (χ0n) is 5.65. The summed E-state index contributed by atoms with van der Waals surface area (Å²) in [5.41, 5.74) is 0. The van der Waals surface area contributed by atoms with Crippen molar-refractivity contribution in [3.63, 3.8) is 0 Å². The standard InChI is InChI=1S/C4H6O2.FHO3S/c1-3-6-4(2)5;1-5(2,3)4/h3H,1H2,2H3;(H,2,3,4).